The zero-order valence-corrected chi connectivity index (χ0v) is 83.2. The van der Waals surface area contributed by atoms with Gasteiger partial charge in [-0.05, 0) is 214 Å². The fraction of sp³-hybridized carbons (Fsp3) is 0.280. The number of amides is 4. The lowest BCUT2D eigenvalue weighted by Crippen LogP contribution is -2.54. The molecule has 4 saturated heterocycles. The van der Waals surface area contributed by atoms with Crippen LogP contribution < -0.4 is 48.7 Å². The molecule has 15 aromatic rings. The maximum atomic E-state index is 13.2. The van der Waals surface area contributed by atoms with Crippen LogP contribution in [0, 0.1) is 5.92 Å². The first-order chi connectivity index (χ1) is 66.5. The molecular weight excluding hydrogens is 1980 g/mol. The normalized spacial score (nSPS) is 16.1. The zero-order valence-electron chi connectivity index (χ0n) is 74.4. The van der Waals surface area contributed by atoms with Crippen LogP contribution >= 0.6 is 80.7 Å². The Kier molecular flexibility index (Phi) is 30.3. The molecule has 5 N–H and O–H groups in total. The number of benzene rings is 8. The predicted molar refractivity (Wildman–Crippen MR) is 555 cm³/mol. The van der Waals surface area contributed by atoms with E-state index in [1.54, 1.807) is 109 Å². The third-order valence-corrected chi connectivity index (χ3v) is 33.8. The van der Waals surface area contributed by atoms with Crippen molar-refractivity contribution in [1.29, 1.82) is 0 Å². The fourth-order valence-corrected chi connectivity index (χ4v) is 24.9. The summed E-state index contributed by atoms with van der Waals surface area (Å²) in [6.45, 7) is 13.3. The van der Waals surface area contributed by atoms with Crippen LogP contribution in [0.15, 0.2) is 263 Å². The van der Waals surface area contributed by atoms with Crippen molar-refractivity contribution in [2.75, 3.05) is 122 Å². The van der Waals surface area contributed by atoms with Gasteiger partial charge in [0.05, 0.1) is 36.0 Å². The summed E-state index contributed by atoms with van der Waals surface area (Å²) in [7, 11) is -14.8. The topological polar surface area (TPSA) is 393 Å². The summed E-state index contributed by atoms with van der Waals surface area (Å²) >= 11 is 22.7. The van der Waals surface area contributed by atoms with Gasteiger partial charge in [-0.15, -0.1) is 11.3 Å². The summed E-state index contributed by atoms with van der Waals surface area (Å²) in [6.07, 6.45) is 15.4. The number of carbonyl (C=O) groups is 4. The second-order valence-electron chi connectivity index (χ2n) is 33.3. The number of nitrogens with zero attached hydrogens (tertiary/aromatic N) is 17. The number of piperidine rings is 1. The van der Waals surface area contributed by atoms with Crippen LogP contribution in [-0.4, -0.2) is 204 Å². The summed E-state index contributed by atoms with van der Waals surface area (Å²) in [5.74, 6) is 0.305. The largest absolute Gasteiger partial charge is 0.371 e. The van der Waals surface area contributed by atoms with Gasteiger partial charge in [0.2, 0.25) is 39.0 Å². The lowest BCUT2D eigenvalue weighted by atomic mass is 10.0. The SMILES string of the molecule is CC1CN(c2ccc(S(=O)(=O)Nc3ncns3)cc2)CCN1C(=O)CCn1ccc2cc(Cl)ccc21.C[C@@H](C(=O)N1CCN(c2ccc(S(=O)(=O)Nc3ncns3)cc2)CC1)n1ccc2ccccc21.O=C(C1CCN(c2ccc(S(=O)(=O)Nc3nccs3)cc2)C1)N1CCc2cc(Cl)ccc21.O=C(CCn1ccc2cccc(Cl)c21)NC1CCN(c2ccc(S(=O)(=O)Nc3ncns3)cc2)CC1.[HH].[HH].[HH].[HH].[HH]. The van der Waals surface area contributed by atoms with E-state index in [1.165, 1.54) is 30.3 Å². The monoisotopic (exact) mass is 2080 g/mol. The molecule has 12 heterocycles. The van der Waals surface area contributed by atoms with Crippen molar-refractivity contribution < 1.29 is 60.0 Å². The van der Waals surface area contributed by atoms with E-state index >= 15 is 0 Å². The summed E-state index contributed by atoms with van der Waals surface area (Å²) in [4.78, 5) is 82.5. The van der Waals surface area contributed by atoms with Gasteiger partial charge in [-0.3, -0.25) is 38.1 Å². The Hall–Kier alpha value is -12.4. The van der Waals surface area contributed by atoms with Crippen LogP contribution in [0.4, 0.5) is 49.0 Å². The van der Waals surface area contributed by atoms with Gasteiger partial charge in [0.25, 0.3) is 40.1 Å². The summed E-state index contributed by atoms with van der Waals surface area (Å²) < 4.78 is 127. The van der Waals surface area contributed by atoms with Gasteiger partial charge in [0.15, 0.2) is 5.13 Å². The molecule has 4 amide bonds. The molecule has 728 valence electrons. The average Bonchev–Trinajstić information content (AvgIpc) is 1.68. The molecule has 0 spiro atoms. The number of rotatable bonds is 26. The highest BCUT2D eigenvalue weighted by Gasteiger charge is 2.37. The number of halogens is 3. The van der Waals surface area contributed by atoms with E-state index in [0.717, 1.165) is 147 Å². The van der Waals surface area contributed by atoms with Gasteiger partial charge >= 0.3 is 0 Å². The van der Waals surface area contributed by atoms with Crippen molar-refractivity contribution in [1.82, 2.24) is 61.9 Å². The number of piperazine rings is 2. The molecule has 2 unspecified atom stereocenters. The van der Waals surface area contributed by atoms with Gasteiger partial charge in [0.1, 0.15) is 25.0 Å². The molecule has 34 nitrogen and oxygen atoms in total. The van der Waals surface area contributed by atoms with Crippen molar-refractivity contribution in [3.63, 3.8) is 0 Å². The molecule has 0 aliphatic carbocycles. The van der Waals surface area contributed by atoms with Crippen molar-refractivity contribution in [2.45, 2.75) is 103 Å². The second-order valence-corrected chi connectivity index (χ2v) is 44.5. The summed E-state index contributed by atoms with van der Waals surface area (Å²) in [5.41, 5.74) is 8.84. The zero-order chi connectivity index (χ0) is 96.4. The number of para-hydroxylation sites is 2. The number of anilines is 9. The van der Waals surface area contributed by atoms with E-state index in [9.17, 15) is 52.8 Å². The fourth-order valence-electron chi connectivity index (χ4n) is 17.5. The highest BCUT2D eigenvalue weighted by Crippen LogP contribution is 2.37. The lowest BCUT2D eigenvalue weighted by molar-refractivity contribution is -0.135. The molecule has 4 fully saturated rings. The van der Waals surface area contributed by atoms with Crippen LogP contribution in [-0.2, 0) is 78.8 Å². The minimum Gasteiger partial charge on any atom is -0.371 e. The van der Waals surface area contributed by atoms with Gasteiger partial charge in [-0.25, -0.2) is 53.6 Å². The van der Waals surface area contributed by atoms with Crippen LogP contribution in [0.5, 0.6) is 0 Å². The van der Waals surface area contributed by atoms with Gasteiger partial charge in [-0.2, -0.15) is 13.1 Å². The highest BCUT2D eigenvalue weighted by atomic mass is 35.5. The van der Waals surface area contributed by atoms with Crippen molar-refractivity contribution in [3.8, 4) is 0 Å². The molecule has 5 aliphatic rings. The Morgan fingerprint density at radius 2 is 0.971 bits per heavy atom. The number of hydrogen-bond acceptors (Lipinski definition) is 27. The van der Waals surface area contributed by atoms with Crippen molar-refractivity contribution >= 4 is 226 Å². The van der Waals surface area contributed by atoms with E-state index in [1.807, 2.05) is 153 Å². The molecule has 3 atom stereocenters. The second kappa shape index (κ2) is 42.9. The minimum atomic E-state index is -3.72. The minimum absolute atomic E-state index is 0. The molecule has 138 heavy (non-hydrogen) atoms. The Balaban J connectivity index is 0.000000168. The average molecular weight is 2090 g/mol. The molecule has 5 aliphatic heterocycles. The van der Waals surface area contributed by atoms with Gasteiger partial charge in [-0.1, -0.05) is 65.1 Å². The van der Waals surface area contributed by atoms with Crippen LogP contribution in [0.1, 0.15) is 64.7 Å². The lowest BCUT2D eigenvalue weighted by Gasteiger charge is -2.41. The number of aromatic nitrogens is 10. The molecule has 7 aromatic heterocycles. The summed E-state index contributed by atoms with van der Waals surface area (Å²) in [6, 6.07) is 58.2. The van der Waals surface area contributed by atoms with E-state index in [4.69, 9.17) is 34.8 Å². The first-order valence-electron chi connectivity index (χ1n) is 44.2. The third kappa shape index (κ3) is 23.3. The molecule has 0 saturated carbocycles. The van der Waals surface area contributed by atoms with Gasteiger partial charge < -0.3 is 53.3 Å². The molecule has 0 radical (unpaired) electrons. The first-order valence-corrected chi connectivity index (χ1v) is 54.5. The Morgan fingerprint density at radius 3 is 1.54 bits per heavy atom. The van der Waals surface area contributed by atoms with E-state index < -0.39 is 40.1 Å². The first kappa shape index (κ1) is 97.3. The highest BCUT2D eigenvalue weighted by molar-refractivity contribution is 7.93. The van der Waals surface area contributed by atoms with Gasteiger partial charge in [0, 0.05) is 249 Å². The standard InChI is InChI=1S/2C24H25ClN6O3S2.C23H24N6O3S2.C22H21ClN4O3S2.5H2/c1-17-15-30(20-3-5-21(6-4-20)36(33,34)28-24-26-16-27-35-24)12-13-31(17)23(32)9-11-29-10-8-18-14-19(25)2-7-22(18)29;25-21-3-1-2-17-8-12-31(23(17)21)15-11-22(32)28-18-9-13-30(14-10-18)19-4-6-20(7-5-19)36(33,34)29-24-26-16-27-35-24;1-17(29-11-10-18-4-2-3-5-21(18)29)22(30)28-14-12-27(13-15-28)19-6-8-20(9-7-19)34(31,32)26-23-24-16-25-33-23;23-17-1-6-20-15(13-17)8-11-27(20)21(28)16-7-10-26(14-16)18-2-4-19(5-3-18)32(29,30)25-22-24-9-12-31-22;;;;;/h2-8,10,14,16-17H,9,11-13,15H2,1H3,(H,26,27,28);1-8,12,16,18H,9-11,13-15H2,(H,28,32)(H,26,27,29);2-11,16-17H,12-15H2,1H3,(H,24,25,26);1-6,9,12-13,16H,7-8,10-11,14H2,(H,24,25);5*1H/t;;17-;;;;;;/m..0....../s1. The molecule has 0 bridgehead atoms. The Morgan fingerprint density at radius 1 is 0.471 bits per heavy atom. The number of carbonyl (C=O) groups excluding carboxylic acids is 4. The van der Waals surface area contributed by atoms with E-state index in [2.05, 4.69) is 81.4 Å². The quantitative estimate of drug-likeness (QED) is 0.0336. The number of nitrogens with one attached hydrogen (secondary N) is 5. The number of sulfonamides is 4. The van der Waals surface area contributed by atoms with Crippen LogP contribution in [0.3, 0.4) is 0 Å². The molecule has 8 aromatic carbocycles. The third-order valence-electron chi connectivity index (χ3n) is 24.6. The number of aryl methyl sites for hydroxylation is 2. The smallest absolute Gasteiger partial charge is 0.263 e. The summed E-state index contributed by atoms with van der Waals surface area (Å²) in [5, 5.41) is 11.2. The number of hydrogen-bond donors (Lipinski definition) is 5. The Labute approximate surface area is 836 Å². The maximum Gasteiger partial charge on any atom is 0.263 e. The number of fused-ring (bicyclic) bond motifs is 4. The van der Waals surface area contributed by atoms with Crippen molar-refractivity contribution in [3.05, 3.63) is 264 Å². The van der Waals surface area contributed by atoms with E-state index in [-0.39, 0.29) is 89.8 Å². The maximum absolute atomic E-state index is 13.2. The molecular formula is C93H105Cl3N22O12S8. The predicted octanol–water partition coefficient (Wildman–Crippen LogP) is 16.6. The Bertz CT molecular complexity index is 7320. The van der Waals surface area contributed by atoms with Crippen LogP contribution in [0.2, 0.25) is 15.1 Å². The van der Waals surface area contributed by atoms with Crippen LogP contribution in [0.25, 0.3) is 32.7 Å². The van der Waals surface area contributed by atoms with E-state index in [0.29, 0.717) is 105 Å². The van der Waals surface area contributed by atoms with Crippen molar-refractivity contribution in [2.24, 2.45) is 5.92 Å². The molecule has 20 rings (SSSR count). The molecule has 45 heteroatoms. The number of thiazole rings is 1.